The van der Waals surface area contributed by atoms with Gasteiger partial charge >= 0.3 is 0 Å². The SMILES string of the molecule is CCCCCCOc1c(OC)c(=O)n(CC)c2cc([N+](=O)[O-])ccc12. The third kappa shape index (κ3) is 3.92. The molecular formula is C18H24N2O5. The summed E-state index contributed by atoms with van der Waals surface area (Å²) in [4.78, 5) is 23.3. The van der Waals surface area contributed by atoms with E-state index in [1.54, 1.807) is 6.07 Å². The van der Waals surface area contributed by atoms with Gasteiger partial charge in [0.1, 0.15) is 0 Å². The lowest BCUT2D eigenvalue weighted by atomic mass is 10.1. The Hall–Kier alpha value is -2.57. The van der Waals surface area contributed by atoms with Crippen molar-refractivity contribution in [1.29, 1.82) is 0 Å². The van der Waals surface area contributed by atoms with E-state index < -0.39 is 4.92 Å². The van der Waals surface area contributed by atoms with E-state index >= 15 is 0 Å². The van der Waals surface area contributed by atoms with Crippen molar-refractivity contribution in [3.63, 3.8) is 0 Å². The highest BCUT2D eigenvalue weighted by Gasteiger charge is 2.20. The van der Waals surface area contributed by atoms with Crippen LogP contribution in [0.1, 0.15) is 39.5 Å². The number of nitrogens with zero attached hydrogens (tertiary/aromatic N) is 2. The number of benzene rings is 1. The molecule has 0 unspecified atom stereocenters. The number of hydrogen-bond acceptors (Lipinski definition) is 5. The molecule has 0 spiro atoms. The maximum absolute atomic E-state index is 12.7. The van der Waals surface area contributed by atoms with Crippen LogP contribution < -0.4 is 15.0 Å². The topological polar surface area (TPSA) is 83.6 Å². The van der Waals surface area contributed by atoms with Crippen molar-refractivity contribution in [3.8, 4) is 11.5 Å². The minimum absolute atomic E-state index is 0.0619. The zero-order chi connectivity index (χ0) is 18.4. The van der Waals surface area contributed by atoms with Crippen molar-refractivity contribution >= 4 is 16.6 Å². The quantitative estimate of drug-likeness (QED) is 0.390. The first kappa shape index (κ1) is 18.8. The molecule has 2 rings (SSSR count). The van der Waals surface area contributed by atoms with Crippen molar-refractivity contribution in [3.05, 3.63) is 38.7 Å². The number of rotatable bonds is 9. The van der Waals surface area contributed by atoms with E-state index in [0.29, 0.717) is 29.8 Å². The van der Waals surface area contributed by atoms with Gasteiger partial charge in [0.05, 0.1) is 24.2 Å². The van der Waals surface area contributed by atoms with Crippen molar-refractivity contribution in [2.24, 2.45) is 0 Å². The molecule has 7 heteroatoms. The van der Waals surface area contributed by atoms with Crippen LogP contribution in [0.25, 0.3) is 10.9 Å². The highest BCUT2D eigenvalue weighted by molar-refractivity contribution is 5.89. The third-order valence-electron chi connectivity index (χ3n) is 4.14. The number of aryl methyl sites for hydroxylation is 1. The lowest BCUT2D eigenvalue weighted by Gasteiger charge is -2.16. The highest BCUT2D eigenvalue weighted by atomic mass is 16.6. The summed E-state index contributed by atoms with van der Waals surface area (Å²) in [5.74, 6) is 0.497. The maximum atomic E-state index is 12.7. The summed E-state index contributed by atoms with van der Waals surface area (Å²) < 4.78 is 12.6. The molecule has 0 saturated heterocycles. The number of nitro groups is 1. The zero-order valence-corrected chi connectivity index (χ0v) is 14.9. The van der Waals surface area contributed by atoms with Crippen LogP contribution in [0.5, 0.6) is 11.5 Å². The Morgan fingerprint density at radius 3 is 2.52 bits per heavy atom. The number of unbranched alkanes of at least 4 members (excludes halogenated alkanes) is 3. The molecule has 1 aromatic carbocycles. The number of nitro benzene ring substituents is 1. The van der Waals surface area contributed by atoms with Crippen LogP contribution in [0.3, 0.4) is 0 Å². The Labute approximate surface area is 146 Å². The summed E-state index contributed by atoms with van der Waals surface area (Å²) in [6.45, 7) is 4.79. The van der Waals surface area contributed by atoms with Gasteiger partial charge < -0.3 is 14.0 Å². The Morgan fingerprint density at radius 2 is 1.92 bits per heavy atom. The molecule has 0 N–H and O–H groups in total. The van der Waals surface area contributed by atoms with Gasteiger partial charge in [-0.05, 0) is 19.4 Å². The Kier molecular flexibility index (Phi) is 6.38. The predicted molar refractivity (Wildman–Crippen MR) is 96.7 cm³/mol. The normalized spacial score (nSPS) is 10.8. The molecule has 25 heavy (non-hydrogen) atoms. The van der Waals surface area contributed by atoms with E-state index in [9.17, 15) is 14.9 Å². The minimum atomic E-state index is -0.473. The van der Waals surface area contributed by atoms with Gasteiger partial charge in [0, 0.05) is 24.1 Å². The fraction of sp³-hybridized carbons (Fsp3) is 0.500. The number of ether oxygens (including phenoxy) is 2. The van der Waals surface area contributed by atoms with Crippen LogP contribution in [-0.2, 0) is 6.54 Å². The van der Waals surface area contributed by atoms with Crippen LogP contribution in [0.2, 0.25) is 0 Å². The zero-order valence-electron chi connectivity index (χ0n) is 14.9. The van der Waals surface area contributed by atoms with E-state index in [2.05, 4.69) is 6.92 Å². The smallest absolute Gasteiger partial charge is 0.297 e. The third-order valence-corrected chi connectivity index (χ3v) is 4.14. The number of hydrogen-bond donors (Lipinski definition) is 0. The van der Waals surface area contributed by atoms with Crippen molar-refractivity contribution in [2.45, 2.75) is 46.1 Å². The van der Waals surface area contributed by atoms with E-state index in [1.165, 1.54) is 23.8 Å². The lowest BCUT2D eigenvalue weighted by molar-refractivity contribution is -0.384. The molecule has 0 aliphatic heterocycles. The first-order valence-corrected chi connectivity index (χ1v) is 8.56. The molecule has 136 valence electrons. The molecule has 2 aromatic rings. The fourth-order valence-corrected chi connectivity index (χ4v) is 2.84. The average molecular weight is 348 g/mol. The standard InChI is InChI=1S/C18H24N2O5/c1-4-6-7-8-11-25-16-14-10-9-13(20(22)23)12-15(14)19(5-2)18(21)17(16)24-3/h9-10,12H,4-8,11H2,1-3H3. The molecular weight excluding hydrogens is 324 g/mol. The van der Waals surface area contributed by atoms with Crippen LogP contribution in [0.4, 0.5) is 5.69 Å². The molecule has 1 heterocycles. The molecule has 0 atom stereocenters. The van der Waals surface area contributed by atoms with Crippen LogP contribution in [0.15, 0.2) is 23.0 Å². The van der Waals surface area contributed by atoms with E-state index in [4.69, 9.17) is 9.47 Å². The van der Waals surface area contributed by atoms with Gasteiger partial charge in [-0.2, -0.15) is 0 Å². The van der Waals surface area contributed by atoms with Gasteiger partial charge in [-0.15, -0.1) is 0 Å². The summed E-state index contributed by atoms with van der Waals surface area (Å²) >= 11 is 0. The maximum Gasteiger partial charge on any atom is 0.297 e. The number of methoxy groups -OCH3 is 1. The van der Waals surface area contributed by atoms with Crippen LogP contribution in [0, 0.1) is 10.1 Å². The molecule has 0 saturated carbocycles. The molecule has 0 aliphatic carbocycles. The van der Waals surface area contributed by atoms with Gasteiger partial charge in [0.2, 0.25) is 5.75 Å². The van der Waals surface area contributed by atoms with E-state index in [0.717, 1.165) is 25.7 Å². The second kappa shape index (κ2) is 8.50. The summed E-state index contributed by atoms with van der Waals surface area (Å²) in [6.07, 6.45) is 4.18. The van der Waals surface area contributed by atoms with E-state index in [1.807, 2.05) is 6.92 Å². The molecule has 0 radical (unpaired) electrons. The Morgan fingerprint density at radius 1 is 1.16 bits per heavy atom. The van der Waals surface area contributed by atoms with Gasteiger partial charge in [0.15, 0.2) is 5.75 Å². The second-order valence-electron chi connectivity index (χ2n) is 5.78. The summed E-state index contributed by atoms with van der Waals surface area (Å²) in [6, 6.07) is 4.43. The Balaban J connectivity index is 2.54. The van der Waals surface area contributed by atoms with Crippen molar-refractivity contribution < 1.29 is 14.4 Å². The molecule has 0 amide bonds. The molecule has 7 nitrogen and oxygen atoms in total. The van der Waals surface area contributed by atoms with Gasteiger partial charge in [-0.3, -0.25) is 14.9 Å². The summed E-state index contributed by atoms with van der Waals surface area (Å²) in [7, 11) is 1.43. The molecule has 1 aromatic heterocycles. The Bertz CT molecular complexity index is 813. The van der Waals surface area contributed by atoms with Gasteiger partial charge in [-0.1, -0.05) is 26.2 Å². The van der Waals surface area contributed by atoms with Crippen molar-refractivity contribution in [2.75, 3.05) is 13.7 Å². The van der Waals surface area contributed by atoms with Crippen molar-refractivity contribution in [1.82, 2.24) is 4.57 Å². The first-order valence-electron chi connectivity index (χ1n) is 8.56. The largest absolute Gasteiger partial charge is 0.489 e. The number of non-ortho nitro benzene ring substituents is 1. The number of aromatic nitrogens is 1. The lowest BCUT2D eigenvalue weighted by Crippen LogP contribution is -2.22. The van der Waals surface area contributed by atoms with Crippen LogP contribution in [-0.4, -0.2) is 23.2 Å². The summed E-state index contributed by atoms with van der Waals surface area (Å²) in [5.41, 5.74) is 0.0702. The van der Waals surface area contributed by atoms with E-state index in [-0.39, 0.29) is 17.0 Å². The molecule has 0 aliphatic rings. The number of pyridine rings is 1. The highest BCUT2D eigenvalue weighted by Crippen LogP contribution is 2.34. The average Bonchev–Trinajstić information content (AvgIpc) is 2.61. The first-order chi connectivity index (χ1) is 12.0. The van der Waals surface area contributed by atoms with Gasteiger partial charge in [-0.25, -0.2) is 0 Å². The molecule has 0 bridgehead atoms. The number of fused-ring (bicyclic) bond motifs is 1. The predicted octanol–water partition coefficient (Wildman–Crippen LogP) is 3.90. The van der Waals surface area contributed by atoms with Crippen LogP contribution >= 0.6 is 0 Å². The van der Waals surface area contributed by atoms with Gasteiger partial charge in [0.25, 0.3) is 11.2 Å². The monoisotopic (exact) mass is 348 g/mol. The summed E-state index contributed by atoms with van der Waals surface area (Å²) in [5, 5.41) is 11.7. The molecule has 0 fully saturated rings. The fourth-order valence-electron chi connectivity index (χ4n) is 2.84. The minimum Gasteiger partial charge on any atom is -0.489 e. The second-order valence-corrected chi connectivity index (χ2v) is 5.78.